The van der Waals surface area contributed by atoms with Crippen molar-refractivity contribution in [1.82, 2.24) is 9.78 Å². The molecule has 1 N–H and O–H groups in total. The van der Waals surface area contributed by atoms with E-state index in [-0.39, 0.29) is 0 Å². The van der Waals surface area contributed by atoms with Crippen LogP contribution in [0.3, 0.4) is 0 Å². The predicted molar refractivity (Wildman–Crippen MR) is 74.3 cm³/mol. The van der Waals surface area contributed by atoms with Crippen LogP contribution in [0.1, 0.15) is 42.3 Å². The van der Waals surface area contributed by atoms with E-state index in [1.54, 1.807) is 0 Å². The average Bonchev–Trinajstić information content (AvgIpc) is 2.88. The van der Waals surface area contributed by atoms with Gasteiger partial charge in [0.25, 0.3) is 0 Å². The molecular formula is C14H17N3S. The minimum atomic E-state index is 0.434. The summed E-state index contributed by atoms with van der Waals surface area (Å²) < 4.78 is 2.20. The van der Waals surface area contributed by atoms with Crippen LogP contribution in [0.25, 0.3) is 0 Å². The number of rotatable bonds is 2. The van der Waals surface area contributed by atoms with Gasteiger partial charge in [0.2, 0.25) is 0 Å². The van der Waals surface area contributed by atoms with Crippen molar-refractivity contribution in [2.75, 3.05) is 11.9 Å². The Kier molecular flexibility index (Phi) is 2.27. The zero-order chi connectivity index (χ0) is 12.1. The van der Waals surface area contributed by atoms with E-state index in [4.69, 9.17) is 5.10 Å². The molecule has 2 aliphatic rings. The van der Waals surface area contributed by atoms with Gasteiger partial charge in [0.05, 0.1) is 11.7 Å². The summed E-state index contributed by atoms with van der Waals surface area (Å²) in [6, 6.07) is 7.05. The molecule has 3 atom stereocenters. The molecule has 1 fully saturated rings. The number of fused-ring (bicyclic) bond motifs is 1. The highest BCUT2D eigenvalue weighted by molar-refractivity contribution is 7.10. The molecule has 4 rings (SSSR count). The summed E-state index contributed by atoms with van der Waals surface area (Å²) >= 11 is 1.84. The van der Waals surface area contributed by atoms with Crippen LogP contribution in [0.15, 0.2) is 23.6 Å². The van der Waals surface area contributed by atoms with E-state index >= 15 is 0 Å². The lowest BCUT2D eigenvalue weighted by Crippen LogP contribution is -2.23. The Labute approximate surface area is 111 Å². The minimum Gasteiger partial charge on any atom is -0.370 e. The van der Waals surface area contributed by atoms with Gasteiger partial charge in [-0.15, -0.1) is 11.3 Å². The lowest BCUT2D eigenvalue weighted by atomic mass is 10.1. The van der Waals surface area contributed by atoms with Crippen LogP contribution in [0.2, 0.25) is 0 Å². The predicted octanol–water partition coefficient (Wildman–Crippen LogP) is 3.47. The third kappa shape index (κ3) is 1.59. The SMILES string of the molecule is CC1CC1c1cc2n(n1)C(c1cccs1)CCN2. The van der Waals surface area contributed by atoms with Crippen molar-refractivity contribution in [3.63, 3.8) is 0 Å². The van der Waals surface area contributed by atoms with Gasteiger partial charge < -0.3 is 5.32 Å². The van der Waals surface area contributed by atoms with Crippen LogP contribution in [-0.4, -0.2) is 16.3 Å². The summed E-state index contributed by atoms with van der Waals surface area (Å²) in [7, 11) is 0. The second kappa shape index (κ2) is 3.85. The lowest BCUT2D eigenvalue weighted by Gasteiger charge is -2.24. The van der Waals surface area contributed by atoms with Gasteiger partial charge in [-0.1, -0.05) is 13.0 Å². The average molecular weight is 259 g/mol. The van der Waals surface area contributed by atoms with Crippen molar-refractivity contribution in [2.45, 2.75) is 31.7 Å². The monoisotopic (exact) mass is 259 g/mol. The van der Waals surface area contributed by atoms with Crippen molar-refractivity contribution in [2.24, 2.45) is 5.92 Å². The standard InChI is InChI=1S/C14H17N3S/c1-9-7-10(9)11-8-14-15-5-4-12(17(14)16-11)13-3-2-6-18-13/h2-3,6,8-10,12,15H,4-5,7H2,1H3. The molecule has 1 aliphatic heterocycles. The molecule has 4 heteroatoms. The van der Waals surface area contributed by atoms with Gasteiger partial charge in [-0.2, -0.15) is 5.10 Å². The molecule has 0 spiro atoms. The second-order valence-electron chi connectivity index (χ2n) is 5.47. The minimum absolute atomic E-state index is 0.434. The molecule has 2 aromatic rings. The Morgan fingerprint density at radius 3 is 3.11 bits per heavy atom. The van der Waals surface area contributed by atoms with Crippen LogP contribution in [0.5, 0.6) is 0 Å². The molecule has 18 heavy (non-hydrogen) atoms. The summed E-state index contributed by atoms with van der Waals surface area (Å²) in [5.41, 5.74) is 1.29. The fourth-order valence-electron chi connectivity index (χ4n) is 2.90. The molecule has 0 aromatic carbocycles. The van der Waals surface area contributed by atoms with Crippen LogP contribution >= 0.6 is 11.3 Å². The maximum Gasteiger partial charge on any atom is 0.125 e. The molecule has 0 radical (unpaired) electrons. The summed E-state index contributed by atoms with van der Waals surface area (Å²) in [5.74, 6) is 2.73. The Hall–Kier alpha value is -1.29. The van der Waals surface area contributed by atoms with Gasteiger partial charge in [0, 0.05) is 23.4 Å². The molecule has 1 saturated carbocycles. The van der Waals surface area contributed by atoms with Gasteiger partial charge in [-0.3, -0.25) is 0 Å². The molecule has 0 bridgehead atoms. The third-order valence-electron chi connectivity index (χ3n) is 4.13. The Morgan fingerprint density at radius 2 is 2.39 bits per heavy atom. The molecular weight excluding hydrogens is 242 g/mol. The first kappa shape index (κ1) is 10.6. The summed E-state index contributed by atoms with van der Waals surface area (Å²) in [4.78, 5) is 1.43. The third-order valence-corrected chi connectivity index (χ3v) is 5.11. The zero-order valence-electron chi connectivity index (χ0n) is 10.5. The highest BCUT2D eigenvalue weighted by atomic mass is 32.1. The lowest BCUT2D eigenvalue weighted by molar-refractivity contribution is 0.484. The maximum atomic E-state index is 4.86. The highest BCUT2D eigenvalue weighted by Crippen LogP contribution is 2.47. The van der Waals surface area contributed by atoms with E-state index in [1.165, 1.54) is 22.8 Å². The fraction of sp³-hybridized carbons (Fsp3) is 0.500. The summed E-state index contributed by atoms with van der Waals surface area (Å²) in [5, 5.41) is 10.5. The zero-order valence-corrected chi connectivity index (χ0v) is 11.3. The van der Waals surface area contributed by atoms with Crippen LogP contribution in [-0.2, 0) is 0 Å². The fourth-order valence-corrected chi connectivity index (χ4v) is 3.75. The van der Waals surface area contributed by atoms with Gasteiger partial charge >= 0.3 is 0 Å². The Bertz CT molecular complexity index is 558. The van der Waals surface area contributed by atoms with E-state index in [0.29, 0.717) is 12.0 Å². The van der Waals surface area contributed by atoms with Crippen molar-refractivity contribution in [3.05, 3.63) is 34.2 Å². The quantitative estimate of drug-likeness (QED) is 0.895. The number of nitrogens with one attached hydrogen (secondary N) is 1. The molecule has 2 aromatic heterocycles. The molecule has 0 saturated heterocycles. The number of nitrogens with zero attached hydrogens (tertiary/aromatic N) is 2. The molecule has 94 valence electrons. The Balaban J connectivity index is 1.72. The first-order chi connectivity index (χ1) is 8.83. The molecule has 3 unspecified atom stereocenters. The molecule has 0 amide bonds. The van der Waals surface area contributed by atoms with E-state index in [2.05, 4.69) is 40.5 Å². The molecule has 3 heterocycles. The summed E-state index contributed by atoms with van der Waals surface area (Å²) in [6.07, 6.45) is 2.44. The van der Waals surface area contributed by atoms with Crippen LogP contribution in [0, 0.1) is 5.92 Å². The van der Waals surface area contributed by atoms with Crippen molar-refractivity contribution >= 4 is 17.2 Å². The van der Waals surface area contributed by atoms with E-state index in [1.807, 2.05) is 11.3 Å². The van der Waals surface area contributed by atoms with Crippen molar-refractivity contribution < 1.29 is 0 Å². The second-order valence-corrected chi connectivity index (χ2v) is 6.44. The molecule has 3 nitrogen and oxygen atoms in total. The van der Waals surface area contributed by atoms with Crippen molar-refractivity contribution in [1.29, 1.82) is 0 Å². The molecule has 1 aliphatic carbocycles. The first-order valence-electron chi connectivity index (χ1n) is 6.69. The number of hydrogen-bond acceptors (Lipinski definition) is 3. The van der Waals surface area contributed by atoms with E-state index in [0.717, 1.165) is 18.9 Å². The summed E-state index contributed by atoms with van der Waals surface area (Å²) in [6.45, 7) is 3.36. The first-order valence-corrected chi connectivity index (χ1v) is 7.57. The maximum absolute atomic E-state index is 4.86. The van der Waals surface area contributed by atoms with Crippen LogP contribution < -0.4 is 5.32 Å². The topological polar surface area (TPSA) is 29.9 Å². The number of thiophene rings is 1. The van der Waals surface area contributed by atoms with Gasteiger partial charge in [0.15, 0.2) is 0 Å². The number of aromatic nitrogens is 2. The van der Waals surface area contributed by atoms with Crippen molar-refractivity contribution in [3.8, 4) is 0 Å². The van der Waals surface area contributed by atoms with Gasteiger partial charge in [-0.25, -0.2) is 4.68 Å². The van der Waals surface area contributed by atoms with E-state index < -0.39 is 0 Å². The number of hydrogen-bond donors (Lipinski definition) is 1. The number of anilines is 1. The highest BCUT2D eigenvalue weighted by Gasteiger charge is 2.37. The normalized spacial score (nSPS) is 29.7. The Morgan fingerprint density at radius 1 is 1.50 bits per heavy atom. The van der Waals surface area contributed by atoms with Gasteiger partial charge in [-0.05, 0) is 30.2 Å². The van der Waals surface area contributed by atoms with Crippen LogP contribution in [0.4, 0.5) is 5.82 Å². The largest absolute Gasteiger partial charge is 0.370 e. The smallest absolute Gasteiger partial charge is 0.125 e. The van der Waals surface area contributed by atoms with E-state index in [9.17, 15) is 0 Å². The van der Waals surface area contributed by atoms with Gasteiger partial charge in [0.1, 0.15) is 5.82 Å².